The zero-order valence-corrected chi connectivity index (χ0v) is 17.1. The number of hydrogen-bond acceptors (Lipinski definition) is 4. The van der Waals surface area contributed by atoms with Gasteiger partial charge >= 0.3 is 5.97 Å². The Morgan fingerprint density at radius 1 is 1.00 bits per heavy atom. The van der Waals surface area contributed by atoms with Gasteiger partial charge in [0, 0.05) is 5.69 Å². The largest absolute Gasteiger partial charge is 0.449 e. The highest BCUT2D eigenvalue weighted by atomic mass is 35.5. The van der Waals surface area contributed by atoms with Crippen LogP contribution in [0.3, 0.4) is 0 Å². The van der Waals surface area contributed by atoms with Crippen molar-refractivity contribution in [3.8, 4) is 0 Å². The number of nitrogens with one attached hydrogen (secondary N) is 2. The number of benzene rings is 2. The lowest BCUT2D eigenvalue weighted by Gasteiger charge is -2.15. The van der Waals surface area contributed by atoms with Crippen LogP contribution >= 0.6 is 23.2 Å². The normalized spacial score (nSPS) is 11.5. The summed E-state index contributed by atoms with van der Waals surface area (Å²) in [5.74, 6) is -1.83. The molecule has 0 bridgehead atoms. The maximum absolute atomic E-state index is 12.2. The monoisotopic (exact) mass is 422 g/mol. The number of halogens is 2. The molecule has 0 fully saturated rings. The highest BCUT2D eigenvalue weighted by Crippen LogP contribution is 2.25. The van der Waals surface area contributed by atoms with Crippen LogP contribution in [-0.2, 0) is 14.3 Å². The lowest BCUT2D eigenvalue weighted by Crippen LogP contribution is -2.40. The van der Waals surface area contributed by atoms with Gasteiger partial charge in [-0.2, -0.15) is 0 Å². The van der Waals surface area contributed by atoms with Crippen LogP contribution in [0.5, 0.6) is 0 Å². The minimum absolute atomic E-state index is 0.0155. The quantitative estimate of drug-likeness (QED) is 0.690. The molecule has 2 aromatic rings. The second kappa shape index (κ2) is 9.57. The number of carbonyl (C=O) groups excluding carboxylic acids is 3. The van der Waals surface area contributed by atoms with Gasteiger partial charge in [0.15, 0.2) is 6.10 Å². The molecule has 2 aromatic carbocycles. The molecule has 0 aromatic heterocycles. The van der Waals surface area contributed by atoms with Crippen LogP contribution in [0.2, 0.25) is 10.0 Å². The average molecular weight is 423 g/mol. The summed E-state index contributed by atoms with van der Waals surface area (Å²) in [7, 11) is 0. The Bertz CT molecular complexity index is 875. The Balaban J connectivity index is 1.90. The molecular formula is C20H20Cl2N2O4. The van der Waals surface area contributed by atoms with Crippen LogP contribution < -0.4 is 10.6 Å². The fourth-order valence-corrected chi connectivity index (χ4v) is 3.02. The van der Waals surface area contributed by atoms with E-state index < -0.39 is 23.9 Å². The van der Waals surface area contributed by atoms with E-state index >= 15 is 0 Å². The molecule has 0 heterocycles. The molecule has 2 N–H and O–H groups in total. The Morgan fingerprint density at radius 2 is 1.54 bits per heavy atom. The summed E-state index contributed by atoms with van der Waals surface area (Å²) in [6, 6.07) is 10.2. The van der Waals surface area contributed by atoms with Crippen molar-refractivity contribution in [1.29, 1.82) is 0 Å². The molecule has 0 aliphatic heterocycles. The van der Waals surface area contributed by atoms with Crippen LogP contribution in [-0.4, -0.2) is 30.4 Å². The SMILES string of the molecule is Cc1cccc(C)c1NC(=O)CNC(=O)C(C)OC(=O)c1c(Cl)cccc1Cl. The highest BCUT2D eigenvalue weighted by molar-refractivity contribution is 6.39. The van der Waals surface area contributed by atoms with Crippen molar-refractivity contribution in [3.63, 3.8) is 0 Å². The zero-order chi connectivity index (χ0) is 20.8. The molecular weight excluding hydrogens is 403 g/mol. The van der Waals surface area contributed by atoms with Crippen molar-refractivity contribution in [2.24, 2.45) is 0 Å². The van der Waals surface area contributed by atoms with E-state index in [1.54, 1.807) is 6.07 Å². The number of amides is 2. The lowest BCUT2D eigenvalue weighted by molar-refractivity contribution is -0.130. The fraction of sp³-hybridized carbons (Fsp3) is 0.250. The number of aryl methyl sites for hydroxylation is 2. The third-order valence-corrected chi connectivity index (χ3v) is 4.62. The van der Waals surface area contributed by atoms with E-state index in [0.717, 1.165) is 11.1 Å². The smallest absolute Gasteiger partial charge is 0.341 e. The Morgan fingerprint density at radius 3 is 2.11 bits per heavy atom. The first kappa shape index (κ1) is 21.7. The van der Waals surface area contributed by atoms with Crippen LogP contribution in [0, 0.1) is 13.8 Å². The number of rotatable bonds is 6. The molecule has 0 saturated carbocycles. The van der Waals surface area contributed by atoms with Gasteiger partial charge < -0.3 is 15.4 Å². The summed E-state index contributed by atoms with van der Waals surface area (Å²) in [5.41, 5.74) is 2.52. The molecule has 8 heteroatoms. The third kappa shape index (κ3) is 5.47. The molecule has 2 amide bonds. The molecule has 0 aliphatic carbocycles. The Labute approximate surface area is 173 Å². The predicted octanol–water partition coefficient (Wildman–Crippen LogP) is 3.91. The Hall–Kier alpha value is -2.57. The minimum Gasteiger partial charge on any atom is -0.449 e. The number of esters is 1. The van der Waals surface area contributed by atoms with Crippen LogP contribution in [0.4, 0.5) is 5.69 Å². The fourth-order valence-electron chi connectivity index (χ4n) is 2.47. The molecule has 28 heavy (non-hydrogen) atoms. The molecule has 0 saturated heterocycles. The molecule has 0 aliphatic rings. The van der Waals surface area contributed by atoms with Gasteiger partial charge in [0.25, 0.3) is 5.91 Å². The molecule has 0 radical (unpaired) electrons. The lowest BCUT2D eigenvalue weighted by atomic mass is 10.1. The van der Waals surface area contributed by atoms with Gasteiger partial charge in [0.2, 0.25) is 5.91 Å². The van der Waals surface area contributed by atoms with Gasteiger partial charge in [-0.3, -0.25) is 9.59 Å². The van der Waals surface area contributed by atoms with Crippen molar-refractivity contribution in [2.45, 2.75) is 26.9 Å². The third-order valence-electron chi connectivity index (χ3n) is 3.99. The Kier molecular flexibility index (Phi) is 7.43. The second-order valence-corrected chi connectivity index (χ2v) is 6.99. The maximum atomic E-state index is 12.2. The van der Waals surface area contributed by atoms with Crippen LogP contribution in [0.15, 0.2) is 36.4 Å². The van der Waals surface area contributed by atoms with E-state index in [2.05, 4.69) is 10.6 Å². The van der Waals surface area contributed by atoms with E-state index in [-0.39, 0.29) is 22.2 Å². The summed E-state index contributed by atoms with van der Waals surface area (Å²) in [6.45, 7) is 4.88. The van der Waals surface area contributed by atoms with E-state index in [1.165, 1.54) is 19.1 Å². The second-order valence-electron chi connectivity index (χ2n) is 6.18. The summed E-state index contributed by atoms with van der Waals surface area (Å²) >= 11 is 11.9. The first-order valence-corrected chi connectivity index (χ1v) is 9.25. The first-order chi connectivity index (χ1) is 13.2. The van der Waals surface area contributed by atoms with Crippen molar-refractivity contribution in [2.75, 3.05) is 11.9 Å². The van der Waals surface area contributed by atoms with Crippen LogP contribution in [0.1, 0.15) is 28.4 Å². The molecule has 148 valence electrons. The number of anilines is 1. The summed E-state index contributed by atoms with van der Waals surface area (Å²) in [5, 5.41) is 5.44. The molecule has 1 atom stereocenters. The van der Waals surface area contributed by atoms with Gasteiger partial charge in [0.1, 0.15) is 0 Å². The average Bonchev–Trinajstić information content (AvgIpc) is 2.62. The van der Waals surface area contributed by atoms with E-state index in [0.29, 0.717) is 5.69 Å². The highest BCUT2D eigenvalue weighted by Gasteiger charge is 2.23. The molecule has 1 unspecified atom stereocenters. The summed E-state index contributed by atoms with van der Waals surface area (Å²) in [4.78, 5) is 36.4. The van der Waals surface area contributed by atoms with Crippen molar-refractivity contribution >= 4 is 46.7 Å². The van der Waals surface area contributed by atoms with Gasteiger partial charge in [-0.05, 0) is 44.0 Å². The summed E-state index contributed by atoms with van der Waals surface area (Å²) < 4.78 is 5.10. The van der Waals surface area contributed by atoms with E-state index in [1.807, 2.05) is 32.0 Å². The van der Waals surface area contributed by atoms with Crippen molar-refractivity contribution in [1.82, 2.24) is 5.32 Å². The molecule has 2 rings (SSSR count). The zero-order valence-electron chi connectivity index (χ0n) is 15.6. The number of ether oxygens (including phenoxy) is 1. The van der Waals surface area contributed by atoms with Crippen molar-refractivity contribution < 1.29 is 19.1 Å². The number of hydrogen-bond donors (Lipinski definition) is 2. The first-order valence-electron chi connectivity index (χ1n) is 8.49. The predicted molar refractivity (Wildman–Crippen MR) is 109 cm³/mol. The van der Waals surface area contributed by atoms with Crippen LogP contribution in [0.25, 0.3) is 0 Å². The van der Waals surface area contributed by atoms with Gasteiger partial charge in [-0.15, -0.1) is 0 Å². The van der Waals surface area contributed by atoms with Gasteiger partial charge in [-0.25, -0.2) is 4.79 Å². The summed E-state index contributed by atoms with van der Waals surface area (Å²) in [6.07, 6.45) is -1.13. The van der Waals surface area contributed by atoms with E-state index in [4.69, 9.17) is 27.9 Å². The standard InChI is InChI=1S/C20H20Cl2N2O4/c1-11-6-4-7-12(2)18(11)24-16(25)10-23-19(26)13(3)28-20(27)17-14(21)8-5-9-15(17)22/h4-9,13H,10H2,1-3H3,(H,23,26)(H,24,25). The molecule has 0 spiro atoms. The topological polar surface area (TPSA) is 84.5 Å². The number of carbonyl (C=O) groups is 3. The number of para-hydroxylation sites is 1. The molecule has 6 nitrogen and oxygen atoms in total. The van der Waals surface area contributed by atoms with Gasteiger partial charge in [0.05, 0.1) is 22.2 Å². The van der Waals surface area contributed by atoms with Gasteiger partial charge in [-0.1, -0.05) is 47.5 Å². The van der Waals surface area contributed by atoms with Crippen molar-refractivity contribution in [3.05, 3.63) is 63.1 Å². The minimum atomic E-state index is -1.13. The van der Waals surface area contributed by atoms with E-state index in [9.17, 15) is 14.4 Å². The maximum Gasteiger partial charge on any atom is 0.341 e.